The number of likely N-dealkylation sites (tertiary alicyclic amines) is 1. The van der Waals surface area contributed by atoms with E-state index in [-0.39, 0.29) is 17.7 Å². The first kappa shape index (κ1) is 18.0. The van der Waals surface area contributed by atoms with Crippen molar-refractivity contribution in [2.45, 2.75) is 45.7 Å². The monoisotopic (exact) mass is 332 g/mol. The molecule has 2 N–H and O–H groups in total. The van der Waals surface area contributed by atoms with Gasteiger partial charge >= 0.3 is 5.97 Å². The molecule has 0 aliphatic carbocycles. The van der Waals surface area contributed by atoms with Crippen molar-refractivity contribution < 1.29 is 19.5 Å². The van der Waals surface area contributed by atoms with Crippen LogP contribution in [0.15, 0.2) is 24.3 Å². The second kappa shape index (κ2) is 7.47. The van der Waals surface area contributed by atoms with E-state index >= 15 is 0 Å². The Morgan fingerprint density at radius 1 is 1.21 bits per heavy atom. The molecule has 6 heteroatoms. The van der Waals surface area contributed by atoms with Crippen LogP contribution < -0.4 is 5.32 Å². The molecule has 0 bridgehead atoms. The summed E-state index contributed by atoms with van der Waals surface area (Å²) in [5.41, 5.74) is 1.53. The number of nitrogens with one attached hydrogen (secondary N) is 1. The zero-order chi connectivity index (χ0) is 17.9. The van der Waals surface area contributed by atoms with Crippen molar-refractivity contribution in [2.24, 2.45) is 5.92 Å². The van der Waals surface area contributed by atoms with Gasteiger partial charge in [-0.05, 0) is 37.8 Å². The summed E-state index contributed by atoms with van der Waals surface area (Å²) in [7, 11) is 0. The van der Waals surface area contributed by atoms with Gasteiger partial charge in [-0.1, -0.05) is 31.5 Å². The van der Waals surface area contributed by atoms with Crippen LogP contribution in [0.2, 0.25) is 0 Å². The predicted octanol–water partition coefficient (Wildman–Crippen LogP) is 1.83. The Balaban J connectivity index is 2.14. The number of carbonyl (C=O) groups excluding carboxylic acids is 2. The van der Waals surface area contributed by atoms with Crippen LogP contribution in [-0.2, 0) is 9.59 Å². The summed E-state index contributed by atoms with van der Waals surface area (Å²) in [6.45, 7) is 6.02. The average Bonchev–Trinajstić information content (AvgIpc) is 3.02. The number of hydrogen-bond donors (Lipinski definition) is 2. The molecule has 1 fully saturated rings. The van der Waals surface area contributed by atoms with Gasteiger partial charge in [0.2, 0.25) is 5.91 Å². The van der Waals surface area contributed by atoms with E-state index in [1.54, 1.807) is 12.1 Å². The number of benzene rings is 1. The van der Waals surface area contributed by atoms with Crippen LogP contribution in [0, 0.1) is 12.8 Å². The van der Waals surface area contributed by atoms with Gasteiger partial charge in [-0.15, -0.1) is 0 Å². The minimum absolute atomic E-state index is 0.137. The van der Waals surface area contributed by atoms with Crippen LogP contribution in [0.25, 0.3) is 0 Å². The first-order valence-electron chi connectivity index (χ1n) is 8.22. The summed E-state index contributed by atoms with van der Waals surface area (Å²) in [6.07, 6.45) is 1.12. The molecule has 130 valence electrons. The van der Waals surface area contributed by atoms with Gasteiger partial charge in [-0.25, -0.2) is 4.79 Å². The molecule has 2 amide bonds. The molecule has 0 radical (unpaired) electrons. The number of carbonyl (C=O) groups is 3. The van der Waals surface area contributed by atoms with E-state index in [2.05, 4.69) is 5.32 Å². The van der Waals surface area contributed by atoms with E-state index in [1.165, 1.54) is 4.90 Å². The largest absolute Gasteiger partial charge is 0.480 e. The highest BCUT2D eigenvalue weighted by atomic mass is 16.4. The van der Waals surface area contributed by atoms with Crippen LogP contribution >= 0.6 is 0 Å². The summed E-state index contributed by atoms with van der Waals surface area (Å²) in [6, 6.07) is 5.56. The molecular weight excluding hydrogens is 308 g/mol. The van der Waals surface area contributed by atoms with Crippen LogP contribution in [0.5, 0.6) is 0 Å². The van der Waals surface area contributed by atoms with Gasteiger partial charge in [-0.3, -0.25) is 9.59 Å². The SMILES string of the molecule is Cc1ccc(C(=O)N[C@H](C(=O)N2CCC[C@H]2C(=O)O)C(C)C)cc1. The molecule has 1 aliphatic heterocycles. The topological polar surface area (TPSA) is 86.7 Å². The standard InChI is InChI=1S/C18H24N2O4/c1-11(2)15(17(22)20-10-4-5-14(20)18(23)24)19-16(21)13-8-6-12(3)7-9-13/h6-9,11,14-15H,4-5,10H2,1-3H3,(H,19,21)(H,23,24)/t14-,15-/m0/s1. The van der Waals surface area contributed by atoms with E-state index in [0.717, 1.165) is 5.56 Å². The fraction of sp³-hybridized carbons (Fsp3) is 0.500. The van der Waals surface area contributed by atoms with Crippen molar-refractivity contribution in [3.8, 4) is 0 Å². The molecule has 2 rings (SSSR count). The van der Waals surface area contributed by atoms with Crippen molar-refractivity contribution in [1.82, 2.24) is 10.2 Å². The molecule has 1 aromatic carbocycles. The van der Waals surface area contributed by atoms with Gasteiger partial charge in [0.15, 0.2) is 0 Å². The summed E-state index contributed by atoms with van der Waals surface area (Å²) in [5, 5.41) is 12.0. The lowest BCUT2D eigenvalue weighted by Gasteiger charge is -2.29. The number of hydrogen-bond acceptors (Lipinski definition) is 3. The number of aryl methyl sites for hydroxylation is 1. The lowest BCUT2D eigenvalue weighted by Crippen LogP contribution is -2.53. The number of carboxylic acid groups (broad SMARTS) is 1. The molecule has 0 aromatic heterocycles. The van der Waals surface area contributed by atoms with Gasteiger partial charge in [0.1, 0.15) is 12.1 Å². The van der Waals surface area contributed by atoms with E-state index in [0.29, 0.717) is 24.9 Å². The number of aliphatic carboxylic acids is 1. The third-order valence-corrected chi connectivity index (χ3v) is 4.35. The summed E-state index contributed by atoms with van der Waals surface area (Å²) < 4.78 is 0. The molecule has 1 heterocycles. The smallest absolute Gasteiger partial charge is 0.326 e. The Kier molecular flexibility index (Phi) is 5.59. The summed E-state index contributed by atoms with van der Waals surface area (Å²) in [4.78, 5) is 37.9. The molecule has 0 spiro atoms. The van der Waals surface area contributed by atoms with Gasteiger partial charge < -0.3 is 15.3 Å². The van der Waals surface area contributed by atoms with Crippen molar-refractivity contribution in [1.29, 1.82) is 0 Å². The number of carboxylic acids is 1. The second-order valence-corrected chi connectivity index (χ2v) is 6.59. The molecule has 24 heavy (non-hydrogen) atoms. The number of nitrogens with zero attached hydrogens (tertiary/aromatic N) is 1. The maximum Gasteiger partial charge on any atom is 0.326 e. The van der Waals surface area contributed by atoms with Gasteiger partial charge in [0.05, 0.1) is 0 Å². The van der Waals surface area contributed by atoms with Crippen molar-refractivity contribution in [3.63, 3.8) is 0 Å². The summed E-state index contributed by atoms with van der Waals surface area (Å²) >= 11 is 0. The van der Waals surface area contributed by atoms with Crippen LogP contribution in [-0.4, -0.2) is 46.4 Å². The first-order valence-corrected chi connectivity index (χ1v) is 8.22. The number of rotatable bonds is 5. The maximum atomic E-state index is 12.8. The zero-order valence-electron chi connectivity index (χ0n) is 14.3. The fourth-order valence-electron chi connectivity index (χ4n) is 2.91. The van der Waals surface area contributed by atoms with E-state index in [1.807, 2.05) is 32.9 Å². The minimum Gasteiger partial charge on any atom is -0.480 e. The molecule has 1 saturated heterocycles. The van der Waals surface area contributed by atoms with Crippen LogP contribution in [0.3, 0.4) is 0 Å². The van der Waals surface area contributed by atoms with E-state index in [4.69, 9.17) is 0 Å². The molecular formula is C18H24N2O4. The molecule has 1 aromatic rings. The predicted molar refractivity (Wildman–Crippen MR) is 89.6 cm³/mol. The van der Waals surface area contributed by atoms with Crippen molar-refractivity contribution in [3.05, 3.63) is 35.4 Å². The van der Waals surface area contributed by atoms with E-state index < -0.39 is 18.1 Å². The second-order valence-electron chi connectivity index (χ2n) is 6.59. The van der Waals surface area contributed by atoms with Gasteiger partial charge in [0, 0.05) is 12.1 Å². The van der Waals surface area contributed by atoms with Crippen LogP contribution in [0.1, 0.15) is 42.6 Å². The lowest BCUT2D eigenvalue weighted by molar-refractivity contribution is -0.149. The Bertz CT molecular complexity index is 624. The van der Waals surface area contributed by atoms with Crippen molar-refractivity contribution in [2.75, 3.05) is 6.54 Å². The summed E-state index contributed by atoms with van der Waals surface area (Å²) in [5.74, 6) is -1.78. The normalized spacial score (nSPS) is 18.5. The average molecular weight is 332 g/mol. The van der Waals surface area contributed by atoms with Crippen molar-refractivity contribution >= 4 is 17.8 Å². The maximum absolute atomic E-state index is 12.8. The Morgan fingerprint density at radius 3 is 2.38 bits per heavy atom. The Labute approximate surface area is 141 Å². The number of amides is 2. The Hall–Kier alpha value is -2.37. The molecule has 1 aliphatic rings. The highest BCUT2D eigenvalue weighted by molar-refractivity contribution is 5.98. The minimum atomic E-state index is -0.992. The zero-order valence-corrected chi connectivity index (χ0v) is 14.3. The quantitative estimate of drug-likeness (QED) is 0.861. The Morgan fingerprint density at radius 2 is 1.83 bits per heavy atom. The lowest BCUT2D eigenvalue weighted by atomic mass is 10.0. The third-order valence-electron chi connectivity index (χ3n) is 4.35. The van der Waals surface area contributed by atoms with Gasteiger partial charge in [0.25, 0.3) is 5.91 Å². The molecule has 0 saturated carbocycles. The molecule has 6 nitrogen and oxygen atoms in total. The molecule has 2 atom stereocenters. The highest BCUT2D eigenvalue weighted by Crippen LogP contribution is 2.20. The van der Waals surface area contributed by atoms with Crippen LogP contribution in [0.4, 0.5) is 0 Å². The van der Waals surface area contributed by atoms with E-state index in [9.17, 15) is 19.5 Å². The highest BCUT2D eigenvalue weighted by Gasteiger charge is 2.38. The third kappa shape index (κ3) is 3.93. The first-order chi connectivity index (χ1) is 11.3. The molecule has 0 unspecified atom stereocenters. The fourth-order valence-corrected chi connectivity index (χ4v) is 2.91. The van der Waals surface area contributed by atoms with Gasteiger partial charge in [-0.2, -0.15) is 0 Å².